The van der Waals surface area contributed by atoms with Crippen LogP contribution in [0.5, 0.6) is 0 Å². The standard InChI is InChI=1S/C9H10N4OS/c1-13(2)9-12-11-8(15-9)6-3-4-7(14)10-5-6/h3-5H,1-2H3,(H,10,14). The van der Waals surface area contributed by atoms with Gasteiger partial charge >= 0.3 is 0 Å². The predicted octanol–water partition coefficient (Wildman–Crippen LogP) is 0.959. The van der Waals surface area contributed by atoms with Gasteiger partial charge in [0.25, 0.3) is 0 Å². The third-order valence-corrected chi connectivity index (χ3v) is 2.97. The average molecular weight is 222 g/mol. The maximum atomic E-state index is 10.9. The molecule has 0 aliphatic heterocycles. The fourth-order valence-electron chi connectivity index (χ4n) is 1.06. The third-order valence-electron chi connectivity index (χ3n) is 1.83. The summed E-state index contributed by atoms with van der Waals surface area (Å²) >= 11 is 1.48. The van der Waals surface area contributed by atoms with Crippen molar-refractivity contribution in [3.63, 3.8) is 0 Å². The maximum absolute atomic E-state index is 10.9. The molecule has 6 heteroatoms. The lowest BCUT2D eigenvalue weighted by atomic mass is 10.3. The summed E-state index contributed by atoms with van der Waals surface area (Å²) in [5.41, 5.74) is 0.760. The van der Waals surface area contributed by atoms with Crippen LogP contribution < -0.4 is 10.5 Å². The lowest BCUT2D eigenvalue weighted by molar-refractivity contribution is 1.02. The van der Waals surface area contributed by atoms with Gasteiger partial charge in [-0.05, 0) is 6.07 Å². The fraction of sp³-hybridized carbons (Fsp3) is 0.222. The summed E-state index contributed by atoms with van der Waals surface area (Å²) in [7, 11) is 3.83. The zero-order valence-corrected chi connectivity index (χ0v) is 9.21. The quantitative estimate of drug-likeness (QED) is 0.822. The Morgan fingerprint density at radius 3 is 2.67 bits per heavy atom. The molecule has 1 N–H and O–H groups in total. The van der Waals surface area contributed by atoms with Crippen molar-refractivity contribution in [3.8, 4) is 10.6 Å². The highest BCUT2D eigenvalue weighted by Crippen LogP contribution is 2.26. The van der Waals surface area contributed by atoms with Crippen LogP contribution >= 0.6 is 11.3 Å². The maximum Gasteiger partial charge on any atom is 0.247 e. The van der Waals surface area contributed by atoms with E-state index in [0.717, 1.165) is 15.7 Å². The predicted molar refractivity (Wildman–Crippen MR) is 60.3 cm³/mol. The SMILES string of the molecule is CN(C)c1nnc(-c2ccc(=O)[nH]c2)s1. The Morgan fingerprint density at radius 1 is 1.33 bits per heavy atom. The van der Waals surface area contributed by atoms with Crippen molar-refractivity contribution in [1.82, 2.24) is 15.2 Å². The minimum absolute atomic E-state index is 0.115. The molecule has 0 amide bonds. The third kappa shape index (κ3) is 2.04. The van der Waals surface area contributed by atoms with Crippen molar-refractivity contribution < 1.29 is 0 Å². The van der Waals surface area contributed by atoms with E-state index in [1.807, 2.05) is 19.0 Å². The normalized spacial score (nSPS) is 10.3. The molecule has 0 unspecified atom stereocenters. The zero-order chi connectivity index (χ0) is 10.8. The second-order valence-electron chi connectivity index (χ2n) is 3.23. The zero-order valence-electron chi connectivity index (χ0n) is 8.39. The molecular weight excluding hydrogens is 212 g/mol. The minimum Gasteiger partial charge on any atom is -0.353 e. The molecule has 0 saturated carbocycles. The van der Waals surface area contributed by atoms with Gasteiger partial charge in [-0.3, -0.25) is 4.79 Å². The summed E-state index contributed by atoms with van der Waals surface area (Å²) in [6, 6.07) is 3.21. The second-order valence-corrected chi connectivity index (χ2v) is 4.18. The second kappa shape index (κ2) is 3.82. The van der Waals surface area contributed by atoms with Gasteiger partial charge in [0.05, 0.1) is 0 Å². The number of hydrogen-bond donors (Lipinski definition) is 1. The first-order chi connectivity index (χ1) is 7.16. The summed E-state index contributed by atoms with van der Waals surface area (Å²) in [4.78, 5) is 15.4. The fourth-order valence-corrected chi connectivity index (χ4v) is 1.82. The number of anilines is 1. The van der Waals surface area contributed by atoms with Crippen LogP contribution in [0, 0.1) is 0 Å². The monoisotopic (exact) mass is 222 g/mol. The van der Waals surface area contributed by atoms with E-state index in [9.17, 15) is 4.79 Å². The van der Waals surface area contributed by atoms with E-state index in [0.29, 0.717) is 0 Å². The average Bonchev–Trinajstić information content (AvgIpc) is 2.68. The molecule has 2 heterocycles. The van der Waals surface area contributed by atoms with Gasteiger partial charge in [-0.15, -0.1) is 10.2 Å². The number of aromatic amines is 1. The highest BCUT2D eigenvalue weighted by molar-refractivity contribution is 7.18. The molecule has 78 valence electrons. The van der Waals surface area contributed by atoms with Crippen molar-refractivity contribution in [2.24, 2.45) is 0 Å². The summed E-state index contributed by atoms with van der Waals surface area (Å²) in [6.07, 6.45) is 1.64. The summed E-state index contributed by atoms with van der Waals surface area (Å²) in [5.74, 6) is 0. The molecule has 15 heavy (non-hydrogen) atoms. The van der Waals surface area contributed by atoms with Crippen LogP contribution in [0.2, 0.25) is 0 Å². The van der Waals surface area contributed by atoms with E-state index >= 15 is 0 Å². The van der Waals surface area contributed by atoms with E-state index in [4.69, 9.17) is 0 Å². The van der Waals surface area contributed by atoms with Gasteiger partial charge in [0.2, 0.25) is 10.7 Å². The first kappa shape index (κ1) is 9.85. The molecule has 0 aliphatic carbocycles. The van der Waals surface area contributed by atoms with Crippen molar-refractivity contribution >= 4 is 16.5 Å². The number of nitrogens with one attached hydrogen (secondary N) is 1. The van der Waals surface area contributed by atoms with E-state index in [1.165, 1.54) is 17.4 Å². The largest absolute Gasteiger partial charge is 0.353 e. The topological polar surface area (TPSA) is 61.9 Å². The summed E-state index contributed by atoms with van der Waals surface area (Å²) in [6.45, 7) is 0. The van der Waals surface area contributed by atoms with Gasteiger partial charge in [0, 0.05) is 31.9 Å². The van der Waals surface area contributed by atoms with Gasteiger partial charge in [-0.1, -0.05) is 11.3 Å². The molecular formula is C9H10N4OS. The van der Waals surface area contributed by atoms with E-state index in [-0.39, 0.29) is 5.56 Å². The molecule has 0 fully saturated rings. The minimum atomic E-state index is -0.115. The highest BCUT2D eigenvalue weighted by atomic mass is 32.1. The van der Waals surface area contributed by atoms with Gasteiger partial charge in [-0.2, -0.15) is 0 Å². The van der Waals surface area contributed by atoms with Crippen LogP contribution in [0.25, 0.3) is 10.6 Å². The number of H-pyrrole nitrogens is 1. The lowest BCUT2D eigenvalue weighted by Crippen LogP contribution is -2.07. The Morgan fingerprint density at radius 2 is 2.13 bits per heavy atom. The number of nitrogens with zero attached hydrogens (tertiary/aromatic N) is 3. The Labute approximate surface area is 90.4 Å². The van der Waals surface area contributed by atoms with Gasteiger partial charge in [-0.25, -0.2) is 0 Å². The molecule has 0 aliphatic rings. The van der Waals surface area contributed by atoms with Gasteiger partial charge in [0.1, 0.15) is 0 Å². The number of pyridine rings is 1. The van der Waals surface area contributed by atoms with Crippen LogP contribution in [0.3, 0.4) is 0 Å². The number of aromatic nitrogens is 3. The van der Waals surface area contributed by atoms with Crippen molar-refractivity contribution in [1.29, 1.82) is 0 Å². The molecule has 0 saturated heterocycles. The smallest absolute Gasteiger partial charge is 0.247 e. The first-order valence-electron chi connectivity index (χ1n) is 4.37. The van der Waals surface area contributed by atoms with Gasteiger partial charge in [0.15, 0.2) is 5.01 Å². The molecule has 0 radical (unpaired) electrons. The first-order valence-corrected chi connectivity index (χ1v) is 5.18. The molecule has 0 bridgehead atoms. The van der Waals surface area contributed by atoms with Crippen LogP contribution in [-0.2, 0) is 0 Å². The van der Waals surface area contributed by atoms with Crippen LogP contribution in [0.4, 0.5) is 5.13 Å². The molecule has 2 aromatic heterocycles. The Hall–Kier alpha value is -1.69. The van der Waals surface area contributed by atoms with E-state index < -0.39 is 0 Å². The molecule has 2 rings (SSSR count). The van der Waals surface area contributed by atoms with Crippen LogP contribution in [0.15, 0.2) is 23.1 Å². The van der Waals surface area contributed by atoms with E-state index in [1.54, 1.807) is 12.3 Å². The van der Waals surface area contributed by atoms with Crippen molar-refractivity contribution in [2.45, 2.75) is 0 Å². The molecule has 5 nitrogen and oxygen atoms in total. The molecule has 0 spiro atoms. The number of rotatable bonds is 2. The van der Waals surface area contributed by atoms with Crippen LogP contribution in [0.1, 0.15) is 0 Å². The summed E-state index contributed by atoms with van der Waals surface area (Å²) in [5, 5.41) is 9.70. The summed E-state index contributed by atoms with van der Waals surface area (Å²) < 4.78 is 0. The molecule has 0 atom stereocenters. The molecule has 2 aromatic rings. The van der Waals surface area contributed by atoms with Crippen molar-refractivity contribution in [3.05, 3.63) is 28.7 Å². The lowest BCUT2D eigenvalue weighted by Gasteiger charge is -2.03. The van der Waals surface area contributed by atoms with Crippen LogP contribution in [-0.4, -0.2) is 29.3 Å². The van der Waals surface area contributed by atoms with E-state index in [2.05, 4.69) is 15.2 Å². The molecule has 0 aromatic carbocycles. The highest BCUT2D eigenvalue weighted by Gasteiger charge is 2.07. The Bertz CT molecular complexity index is 496. The van der Waals surface area contributed by atoms with Gasteiger partial charge < -0.3 is 9.88 Å². The Kier molecular flexibility index (Phi) is 2.51. The number of hydrogen-bond acceptors (Lipinski definition) is 5. The van der Waals surface area contributed by atoms with Crippen molar-refractivity contribution in [2.75, 3.05) is 19.0 Å². The Balaban J connectivity index is 2.37.